The van der Waals surface area contributed by atoms with Gasteiger partial charge in [-0.05, 0) is 19.1 Å². The van der Waals surface area contributed by atoms with Gasteiger partial charge < -0.3 is 20.9 Å². The van der Waals surface area contributed by atoms with E-state index < -0.39 is 0 Å². The largest absolute Gasteiger partial charge is 0.368 e. The molecule has 1 aromatic rings. The normalized spacial score (nSPS) is 16.1. The van der Waals surface area contributed by atoms with Gasteiger partial charge in [-0.25, -0.2) is 0 Å². The fraction of sp³-hybridized carbons (Fsp3) is 0.529. The highest BCUT2D eigenvalue weighted by Gasteiger charge is 2.20. The van der Waals surface area contributed by atoms with E-state index in [1.807, 2.05) is 23.1 Å². The van der Waals surface area contributed by atoms with Crippen LogP contribution in [0.1, 0.15) is 19.8 Å². The lowest BCUT2D eigenvalue weighted by Crippen LogP contribution is -2.49. The zero-order chi connectivity index (χ0) is 16.7. The summed E-state index contributed by atoms with van der Waals surface area (Å²) in [5.41, 5.74) is 6.76. The number of nitrogens with two attached hydrogens (primary N) is 1. The van der Waals surface area contributed by atoms with Gasteiger partial charge in [0.25, 0.3) is 0 Å². The molecule has 0 spiro atoms. The Hall–Kier alpha value is -2.08. The Morgan fingerprint density at radius 1 is 1.17 bits per heavy atom. The molecule has 0 radical (unpaired) electrons. The molecule has 6 heteroatoms. The van der Waals surface area contributed by atoms with Crippen molar-refractivity contribution >= 4 is 17.5 Å². The van der Waals surface area contributed by atoms with Gasteiger partial charge in [-0.1, -0.05) is 18.2 Å². The topological polar surface area (TPSA) is 78.7 Å². The minimum Gasteiger partial charge on any atom is -0.368 e. The smallest absolute Gasteiger partial charge is 0.224 e. The predicted octanol–water partition coefficient (Wildman–Crippen LogP) is 0.579. The quantitative estimate of drug-likeness (QED) is 0.804. The molecule has 1 aromatic carbocycles. The van der Waals surface area contributed by atoms with Gasteiger partial charge in [-0.3, -0.25) is 9.59 Å². The Morgan fingerprint density at radius 2 is 1.83 bits per heavy atom. The first-order valence-electron chi connectivity index (χ1n) is 8.16. The highest BCUT2D eigenvalue weighted by atomic mass is 16.2. The molecule has 1 saturated heterocycles. The van der Waals surface area contributed by atoms with E-state index in [0.29, 0.717) is 19.4 Å². The van der Waals surface area contributed by atoms with Crippen LogP contribution in [0.5, 0.6) is 0 Å². The number of benzene rings is 1. The van der Waals surface area contributed by atoms with Crippen molar-refractivity contribution in [2.75, 3.05) is 37.6 Å². The SMILES string of the molecule is CC(N)CC(=O)NCCC(=O)N1CCN(c2ccccc2)CC1. The number of hydrogen-bond acceptors (Lipinski definition) is 4. The third-order valence-corrected chi connectivity index (χ3v) is 3.92. The van der Waals surface area contributed by atoms with E-state index in [1.165, 1.54) is 5.69 Å². The first-order chi connectivity index (χ1) is 11.1. The zero-order valence-corrected chi connectivity index (χ0v) is 13.7. The van der Waals surface area contributed by atoms with E-state index in [-0.39, 0.29) is 17.9 Å². The van der Waals surface area contributed by atoms with Crippen LogP contribution in [-0.2, 0) is 9.59 Å². The first kappa shape index (κ1) is 17.3. The third-order valence-electron chi connectivity index (χ3n) is 3.92. The van der Waals surface area contributed by atoms with Crippen LogP contribution in [0.2, 0.25) is 0 Å². The molecule has 6 nitrogen and oxygen atoms in total. The molecule has 1 aliphatic heterocycles. The summed E-state index contributed by atoms with van der Waals surface area (Å²) in [4.78, 5) is 27.8. The molecule has 1 heterocycles. The van der Waals surface area contributed by atoms with Gasteiger partial charge in [0.1, 0.15) is 0 Å². The van der Waals surface area contributed by atoms with Crippen LogP contribution >= 0.6 is 0 Å². The standard InChI is InChI=1S/C17H26N4O2/c1-14(18)13-16(22)19-8-7-17(23)21-11-9-20(10-12-21)15-5-3-2-4-6-15/h2-6,14H,7-13,18H2,1H3,(H,19,22). The Morgan fingerprint density at radius 3 is 2.43 bits per heavy atom. The van der Waals surface area contributed by atoms with E-state index >= 15 is 0 Å². The number of para-hydroxylation sites is 1. The van der Waals surface area contributed by atoms with Crippen molar-refractivity contribution < 1.29 is 9.59 Å². The Balaban J connectivity index is 1.68. The average molecular weight is 318 g/mol. The molecule has 23 heavy (non-hydrogen) atoms. The van der Waals surface area contributed by atoms with E-state index in [0.717, 1.165) is 26.2 Å². The minimum atomic E-state index is -0.156. The lowest BCUT2D eigenvalue weighted by Gasteiger charge is -2.36. The number of carbonyl (C=O) groups excluding carboxylic acids is 2. The van der Waals surface area contributed by atoms with E-state index in [2.05, 4.69) is 22.3 Å². The fourth-order valence-electron chi connectivity index (χ4n) is 2.68. The molecular formula is C17H26N4O2. The van der Waals surface area contributed by atoms with Crippen LogP contribution < -0.4 is 16.0 Å². The molecule has 2 amide bonds. The Kier molecular flexibility index (Phi) is 6.40. The third kappa shape index (κ3) is 5.56. The average Bonchev–Trinajstić information content (AvgIpc) is 2.55. The molecule has 1 unspecified atom stereocenters. The molecule has 2 rings (SSSR count). The van der Waals surface area contributed by atoms with Crippen molar-refractivity contribution in [2.45, 2.75) is 25.8 Å². The van der Waals surface area contributed by atoms with Crippen LogP contribution in [0, 0.1) is 0 Å². The molecular weight excluding hydrogens is 292 g/mol. The second kappa shape index (κ2) is 8.53. The Bertz CT molecular complexity index is 511. The maximum Gasteiger partial charge on any atom is 0.224 e. The van der Waals surface area contributed by atoms with Crippen LogP contribution in [0.15, 0.2) is 30.3 Å². The van der Waals surface area contributed by atoms with E-state index in [9.17, 15) is 9.59 Å². The van der Waals surface area contributed by atoms with Gasteiger partial charge in [0.05, 0.1) is 0 Å². The summed E-state index contributed by atoms with van der Waals surface area (Å²) < 4.78 is 0. The summed E-state index contributed by atoms with van der Waals surface area (Å²) in [6, 6.07) is 10.1. The van der Waals surface area contributed by atoms with Crippen molar-refractivity contribution in [3.8, 4) is 0 Å². The first-order valence-corrected chi connectivity index (χ1v) is 8.16. The molecule has 0 saturated carbocycles. The Labute approximate surface area is 137 Å². The summed E-state index contributed by atoms with van der Waals surface area (Å²) >= 11 is 0. The van der Waals surface area contributed by atoms with Crippen LogP contribution in [-0.4, -0.2) is 55.5 Å². The number of anilines is 1. The van der Waals surface area contributed by atoms with Gasteiger partial charge in [-0.2, -0.15) is 0 Å². The maximum atomic E-state index is 12.2. The monoisotopic (exact) mass is 318 g/mol. The van der Waals surface area contributed by atoms with Gasteiger partial charge in [0.15, 0.2) is 0 Å². The summed E-state index contributed by atoms with van der Waals surface area (Å²) in [7, 11) is 0. The molecule has 1 atom stereocenters. The van der Waals surface area contributed by atoms with Crippen LogP contribution in [0.25, 0.3) is 0 Å². The predicted molar refractivity (Wildman–Crippen MR) is 91.1 cm³/mol. The number of piperazine rings is 1. The summed E-state index contributed by atoms with van der Waals surface area (Å²) in [6.07, 6.45) is 0.639. The maximum absolute atomic E-state index is 12.2. The van der Waals surface area contributed by atoms with Crippen molar-refractivity contribution in [1.82, 2.24) is 10.2 Å². The molecule has 3 N–H and O–H groups in total. The van der Waals surface area contributed by atoms with Crippen molar-refractivity contribution in [2.24, 2.45) is 5.73 Å². The van der Waals surface area contributed by atoms with Crippen molar-refractivity contribution in [3.63, 3.8) is 0 Å². The summed E-state index contributed by atoms with van der Waals surface area (Å²) in [5.74, 6) is 0.000468. The van der Waals surface area contributed by atoms with Gasteiger partial charge in [0.2, 0.25) is 11.8 Å². The second-order valence-corrected chi connectivity index (χ2v) is 5.98. The van der Waals surface area contributed by atoms with Gasteiger partial charge in [0, 0.05) is 57.3 Å². The van der Waals surface area contributed by atoms with E-state index in [4.69, 9.17) is 5.73 Å². The van der Waals surface area contributed by atoms with Crippen LogP contribution in [0.4, 0.5) is 5.69 Å². The lowest BCUT2D eigenvalue weighted by molar-refractivity contribution is -0.131. The molecule has 0 bridgehead atoms. The zero-order valence-electron chi connectivity index (χ0n) is 13.7. The number of amides is 2. The van der Waals surface area contributed by atoms with Crippen molar-refractivity contribution in [1.29, 1.82) is 0 Å². The molecule has 126 valence electrons. The van der Waals surface area contributed by atoms with Crippen LogP contribution in [0.3, 0.4) is 0 Å². The fourth-order valence-corrected chi connectivity index (χ4v) is 2.68. The van der Waals surface area contributed by atoms with Crippen molar-refractivity contribution in [3.05, 3.63) is 30.3 Å². The molecule has 1 fully saturated rings. The number of rotatable bonds is 6. The second-order valence-electron chi connectivity index (χ2n) is 5.98. The summed E-state index contributed by atoms with van der Waals surface area (Å²) in [6.45, 7) is 5.29. The molecule has 0 aliphatic carbocycles. The number of carbonyl (C=O) groups is 2. The number of nitrogens with one attached hydrogen (secondary N) is 1. The van der Waals surface area contributed by atoms with E-state index in [1.54, 1.807) is 6.92 Å². The van der Waals surface area contributed by atoms with Gasteiger partial charge in [-0.15, -0.1) is 0 Å². The highest BCUT2D eigenvalue weighted by molar-refractivity contribution is 5.79. The minimum absolute atomic E-state index is 0.0957. The number of nitrogens with zero attached hydrogens (tertiary/aromatic N) is 2. The number of hydrogen-bond donors (Lipinski definition) is 2. The lowest BCUT2D eigenvalue weighted by atomic mass is 10.2. The molecule has 0 aromatic heterocycles. The summed E-state index contributed by atoms with van der Waals surface area (Å²) in [5, 5.41) is 2.74. The highest BCUT2D eigenvalue weighted by Crippen LogP contribution is 2.15. The molecule has 1 aliphatic rings. The van der Waals surface area contributed by atoms with Gasteiger partial charge >= 0.3 is 0 Å².